The average Bonchev–Trinajstić information content (AvgIpc) is 2.87. The molecule has 94 valence electrons. The van der Waals surface area contributed by atoms with Gasteiger partial charge in [-0.2, -0.15) is 5.10 Å². The Labute approximate surface area is 100 Å². The fourth-order valence-electron chi connectivity index (χ4n) is 2.24. The van der Waals surface area contributed by atoms with Crippen molar-refractivity contribution in [3.8, 4) is 0 Å². The van der Waals surface area contributed by atoms with Crippen LogP contribution in [0.2, 0.25) is 0 Å². The SMILES string of the molecule is COC1CCCC1NC(=O)c1cnn(C)c1N. The molecular formula is C11H18N4O2. The number of carbonyl (C=O) groups is 1. The molecule has 1 aromatic rings. The van der Waals surface area contributed by atoms with E-state index in [-0.39, 0.29) is 18.1 Å². The summed E-state index contributed by atoms with van der Waals surface area (Å²) in [5.74, 6) is 0.207. The summed E-state index contributed by atoms with van der Waals surface area (Å²) >= 11 is 0. The minimum absolute atomic E-state index is 0.0760. The molecule has 1 fully saturated rings. The van der Waals surface area contributed by atoms with Gasteiger partial charge in [0, 0.05) is 14.2 Å². The van der Waals surface area contributed by atoms with Crippen molar-refractivity contribution < 1.29 is 9.53 Å². The number of rotatable bonds is 3. The number of methoxy groups -OCH3 is 1. The summed E-state index contributed by atoms with van der Waals surface area (Å²) in [4.78, 5) is 12.0. The molecular weight excluding hydrogens is 220 g/mol. The molecule has 2 atom stereocenters. The molecule has 0 aromatic carbocycles. The smallest absolute Gasteiger partial charge is 0.256 e. The Kier molecular flexibility index (Phi) is 3.33. The number of carbonyl (C=O) groups excluding carboxylic acids is 1. The van der Waals surface area contributed by atoms with Crippen LogP contribution in [0.25, 0.3) is 0 Å². The van der Waals surface area contributed by atoms with Gasteiger partial charge in [0.15, 0.2) is 0 Å². The van der Waals surface area contributed by atoms with Crippen LogP contribution in [0.15, 0.2) is 6.20 Å². The quantitative estimate of drug-likeness (QED) is 0.793. The summed E-state index contributed by atoms with van der Waals surface area (Å²) in [6.45, 7) is 0. The van der Waals surface area contributed by atoms with E-state index in [0.29, 0.717) is 11.4 Å². The highest BCUT2D eigenvalue weighted by Gasteiger charge is 2.29. The molecule has 6 heteroatoms. The topological polar surface area (TPSA) is 82.2 Å². The zero-order valence-corrected chi connectivity index (χ0v) is 10.1. The molecule has 0 saturated heterocycles. The van der Waals surface area contributed by atoms with Crippen LogP contribution in [0.5, 0.6) is 0 Å². The summed E-state index contributed by atoms with van der Waals surface area (Å²) in [5, 5.41) is 6.90. The lowest BCUT2D eigenvalue weighted by Gasteiger charge is -2.19. The van der Waals surface area contributed by atoms with E-state index in [2.05, 4.69) is 10.4 Å². The second-order valence-electron chi connectivity index (χ2n) is 4.35. The van der Waals surface area contributed by atoms with Crippen molar-refractivity contribution in [2.24, 2.45) is 7.05 Å². The van der Waals surface area contributed by atoms with Gasteiger partial charge in [-0.1, -0.05) is 0 Å². The molecule has 3 N–H and O–H groups in total. The number of aryl methyl sites for hydroxylation is 1. The lowest BCUT2D eigenvalue weighted by molar-refractivity contribution is 0.0722. The van der Waals surface area contributed by atoms with Crippen LogP contribution in [0.4, 0.5) is 5.82 Å². The van der Waals surface area contributed by atoms with Crippen LogP contribution in [0, 0.1) is 0 Å². The molecule has 1 saturated carbocycles. The highest BCUT2D eigenvalue weighted by molar-refractivity contribution is 5.98. The number of nitrogens with one attached hydrogen (secondary N) is 1. The van der Waals surface area contributed by atoms with Gasteiger partial charge in [0.05, 0.1) is 18.3 Å². The number of aromatic nitrogens is 2. The minimum atomic E-state index is -0.176. The molecule has 1 aromatic heterocycles. The molecule has 2 unspecified atom stereocenters. The maximum Gasteiger partial charge on any atom is 0.256 e. The van der Waals surface area contributed by atoms with E-state index < -0.39 is 0 Å². The van der Waals surface area contributed by atoms with E-state index in [4.69, 9.17) is 10.5 Å². The highest BCUT2D eigenvalue weighted by atomic mass is 16.5. The number of anilines is 1. The summed E-state index contributed by atoms with van der Waals surface area (Å²) in [7, 11) is 3.38. The summed E-state index contributed by atoms with van der Waals surface area (Å²) in [5.41, 5.74) is 6.18. The molecule has 0 aliphatic heterocycles. The Morgan fingerprint density at radius 2 is 2.41 bits per heavy atom. The zero-order chi connectivity index (χ0) is 12.4. The molecule has 1 aliphatic rings. The van der Waals surface area contributed by atoms with Gasteiger partial charge >= 0.3 is 0 Å². The fourth-order valence-corrected chi connectivity index (χ4v) is 2.24. The normalized spacial score (nSPS) is 23.9. The van der Waals surface area contributed by atoms with Gasteiger partial charge in [0.25, 0.3) is 5.91 Å². The first kappa shape index (κ1) is 11.9. The van der Waals surface area contributed by atoms with E-state index in [1.54, 1.807) is 14.2 Å². The first-order valence-electron chi connectivity index (χ1n) is 5.74. The molecule has 0 spiro atoms. The monoisotopic (exact) mass is 238 g/mol. The van der Waals surface area contributed by atoms with Gasteiger partial charge in [0.2, 0.25) is 0 Å². The number of amides is 1. The number of nitrogens with two attached hydrogens (primary N) is 1. The largest absolute Gasteiger partial charge is 0.383 e. The standard InChI is InChI=1S/C11H18N4O2/c1-15-10(12)7(6-13-15)11(16)14-8-4-3-5-9(8)17-2/h6,8-9H,3-5,12H2,1-2H3,(H,14,16). The average molecular weight is 238 g/mol. The molecule has 1 heterocycles. The van der Waals surface area contributed by atoms with Gasteiger partial charge in [-0.25, -0.2) is 0 Å². The molecule has 6 nitrogen and oxygen atoms in total. The van der Waals surface area contributed by atoms with Gasteiger partial charge in [-0.05, 0) is 19.3 Å². The Bertz CT molecular complexity index is 416. The number of nitrogens with zero attached hydrogens (tertiary/aromatic N) is 2. The molecule has 0 radical (unpaired) electrons. The van der Waals surface area contributed by atoms with Crippen LogP contribution < -0.4 is 11.1 Å². The van der Waals surface area contributed by atoms with Crippen LogP contribution in [0.1, 0.15) is 29.6 Å². The maximum absolute atomic E-state index is 12.0. The van der Waals surface area contributed by atoms with E-state index in [1.807, 2.05) is 0 Å². The van der Waals surface area contributed by atoms with Crippen molar-refractivity contribution in [3.63, 3.8) is 0 Å². The molecule has 1 aliphatic carbocycles. The Balaban J connectivity index is 2.04. The van der Waals surface area contributed by atoms with Crippen LogP contribution in [0.3, 0.4) is 0 Å². The predicted molar refractivity (Wildman–Crippen MR) is 63.5 cm³/mol. The molecule has 17 heavy (non-hydrogen) atoms. The van der Waals surface area contributed by atoms with Gasteiger partial charge in [-0.3, -0.25) is 9.48 Å². The van der Waals surface area contributed by atoms with E-state index in [1.165, 1.54) is 10.9 Å². The van der Waals surface area contributed by atoms with Crippen molar-refractivity contribution in [1.82, 2.24) is 15.1 Å². The Morgan fingerprint density at radius 1 is 1.65 bits per heavy atom. The lowest BCUT2D eigenvalue weighted by atomic mass is 10.2. The van der Waals surface area contributed by atoms with Crippen LogP contribution in [-0.2, 0) is 11.8 Å². The highest BCUT2D eigenvalue weighted by Crippen LogP contribution is 2.22. The van der Waals surface area contributed by atoms with Gasteiger partial charge < -0.3 is 15.8 Å². The number of hydrogen-bond donors (Lipinski definition) is 2. The van der Waals surface area contributed by atoms with Crippen molar-refractivity contribution in [1.29, 1.82) is 0 Å². The number of hydrogen-bond acceptors (Lipinski definition) is 4. The zero-order valence-electron chi connectivity index (χ0n) is 10.1. The third-order valence-electron chi connectivity index (χ3n) is 3.30. The molecule has 1 amide bonds. The van der Waals surface area contributed by atoms with Crippen molar-refractivity contribution in [2.75, 3.05) is 12.8 Å². The first-order chi connectivity index (χ1) is 8.13. The maximum atomic E-state index is 12.0. The third kappa shape index (κ3) is 2.26. The summed E-state index contributed by atoms with van der Waals surface area (Å²) in [6, 6.07) is 0.0760. The summed E-state index contributed by atoms with van der Waals surface area (Å²) < 4.78 is 6.81. The fraction of sp³-hybridized carbons (Fsp3) is 0.636. The summed E-state index contributed by atoms with van der Waals surface area (Å²) in [6.07, 6.45) is 4.61. The second kappa shape index (κ2) is 4.75. The molecule has 0 bridgehead atoms. The number of ether oxygens (including phenoxy) is 1. The van der Waals surface area contributed by atoms with E-state index >= 15 is 0 Å². The lowest BCUT2D eigenvalue weighted by Crippen LogP contribution is -2.40. The van der Waals surface area contributed by atoms with Crippen molar-refractivity contribution in [2.45, 2.75) is 31.4 Å². The van der Waals surface area contributed by atoms with Crippen LogP contribution >= 0.6 is 0 Å². The van der Waals surface area contributed by atoms with E-state index in [0.717, 1.165) is 19.3 Å². The van der Waals surface area contributed by atoms with Crippen LogP contribution in [-0.4, -0.2) is 34.9 Å². The van der Waals surface area contributed by atoms with Crippen molar-refractivity contribution >= 4 is 11.7 Å². The predicted octanol–water partition coefficient (Wildman–Crippen LogP) is 0.300. The second-order valence-corrected chi connectivity index (χ2v) is 4.35. The first-order valence-corrected chi connectivity index (χ1v) is 5.74. The molecule has 2 rings (SSSR count). The van der Waals surface area contributed by atoms with Gasteiger partial charge in [0.1, 0.15) is 11.4 Å². The Morgan fingerprint density at radius 3 is 3.00 bits per heavy atom. The number of nitrogen functional groups attached to an aromatic ring is 1. The van der Waals surface area contributed by atoms with E-state index in [9.17, 15) is 4.79 Å². The van der Waals surface area contributed by atoms with Gasteiger partial charge in [-0.15, -0.1) is 0 Å². The van der Waals surface area contributed by atoms with Crippen molar-refractivity contribution in [3.05, 3.63) is 11.8 Å². The Hall–Kier alpha value is -1.56. The third-order valence-corrected chi connectivity index (χ3v) is 3.30. The minimum Gasteiger partial charge on any atom is -0.383 e.